The Hall–Kier alpha value is -2.76. The third kappa shape index (κ3) is 3.49. The standard InChI is InChI=1S/C24H27BF2N2O/c1-23(2,3)17-13-16-15-29(21-11-7-10-20-18(21)9-8-12-28-20)25(26,27)30-22(16)19(14-17)24(4,5)6/h7-15H,1-6H3. The Balaban J connectivity index is 2.02. The Bertz CT molecular complexity index is 1170. The molecule has 2 aromatic carbocycles. The van der Waals surface area contributed by atoms with E-state index in [-0.39, 0.29) is 16.6 Å². The van der Waals surface area contributed by atoms with Crippen molar-refractivity contribution in [3.63, 3.8) is 0 Å². The van der Waals surface area contributed by atoms with Gasteiger partial charge in [0, 0.05) is 12.3 Å². The maximum Gasteiger partial charge on any atom is 0.834 e. The summed E-state index contributed by atoms with van der Waals surface area (Å²) in [6.45, 7) is 12.4. The van der Waals surface area contributed by atoms with E-state index in [1.54, 1.807) is 30.5 Å². The summed E-state index contributed by atoms with van der Waals surface area (Å²) in [5, 5.41) is 0.660. The first kappa shape index (κ1) is 20.5. The van der Waals surface area contributed by atoms with E-state index in [0.717, 1.165) is 15.6 Å². The number of aromatic nitrogens is 1. The van der Waals surface area contributed by atoms with E-state index in [4.69, 9.17) is 4.65 Å². The molecule has 4 rings (SSSR count). The Morgan fingerprint density at radius 1 is 0.933 bits per heavy atom. The van der Waals surface area contributed by atoms with Gasteiger partial charge in [-0.05, 0) is 46.2 Å². The fourth-order valence-electron chi connectivity index (χ4n) is 3.85. The zero-order chi connectivity index (χ0) is 21.9. The Morgan fingerprint density at radius 2 is 1.67 bits per heavy atom. The molecule has 3 aromatic rings. The second kappa shape index (κ2) is 6.63. The van der Waals surface area contributed by atoms with Gasteiger partial charge in [0.05, 0.1) is 22.2 Å². The molecular weight excluding hydrogens is 381 g/mol. The van der Waals surface area contributed by atoms with Crippen LogP contribution in [0.2, 0.25) is 0 Å². The van der Waals surface area contributed by atoms with Gasteiger partial charge in [-0.15, -0.1) is 0 Å². The molecule has 2 heterocycles. The molecule has 0 atom stereocenters. The predicted molar refractivity (Wildman–Crippen MR) is 119 cm³/mol. The second-order valence-corrected chi connectivity index (χ2v) is 10.0. The van der Waals surface area contributed by atoms with Gasteiger partial charge in [-0.1, -0.05) is 53.7 Å². The minimum absolute atomic E-state index is 0.123. The van der Waals surface area contributed by atoms with Gasteiger partial charge in [0.1, 0.15) is 6.21 Å². The summed E-state index contributed by atoms with van der Waals surface area (Å²) in [6.07, 6.45) is 3.19. The zero-order valence-corrected chi connectivity index (χ0v) is 18.3. The van der Waals surface area contributed by atoms with Gasteiger partial charge in [0.25, 0.3) is 0 Å². The van der Waals surface area contributed by atoms with Crippen LogP contribution in [0, 0.1) is 0 Å². The molecule has 0 fully saturated rings. The van der Waals surface area contributed by atoms with Crippen molar-refractivity contribution in [2.24, 2.45) is 0 Å². The minimum Gasteiger partial charge on any atom is -0.599 e. The number of pyridine rings is 1. The van der Waals surface area contributed by atoms with Crippen LogP contribution in [0.15, 0.2) is 48.7 Å². The van der Waals surface area contributed by atoms with E-state index in [2.05, 4.69) is 25.8 Å². The molecule has 0 N–H and O–H groups in total. The highest BCUT2D eigenvalue weighted by Crippen LogP contribution is 2.42. The highest BCUT2D eigenvalue weighted by atomic mass is 19.3. The van der Waals surface area contributed by atoms with Crippen molar-refractivity contribution in [3.05, 3.63) is 65.4 Å². The Labute approximate surface area is 176 Å². The monoisotopic (exact) mass is 408 g/mol. The number of hydrogen-bond donors (Lipinski definition) is 0. The molecule has 30 heavy (non-hydrogen) atoms. The summed E-state index contributed by atoms with van der Waals surface area (Å²) >= 11 is 0. The molecule has 0 spiro atoms. The lowest BCUT2D eigenvalue weighted by molar-refractivity contribution is -0.341. The molecule has 0 saturated carbocycles. The van der Waals surface area contributed by atoms with Crippen molar-refractivity contribution in [2.75, 3.05) is 0 Å². The molecule has 0 saturated heterocycles. The third-order valence-corrected chi connectivity index (χ3v) is 5.55. The van der Waals surface area contributed by atoms with Gasteiger partial charge in [-0.2, -0.15) is 0 Å². The fourth-order valence-corrected chi connectivity index (χ4v) is 3.85. The molecule has 156 valence electrons. The smallest absolute Gasteiger partial charge is 0.599 e. The highest BCUT2D eigenvalue weighted by molar-refractivity contribution is 6.53. The summed E-state index contributed by atoms with van der Waals surface area (Å²) in [6, 6.07) is 12.8. The lowest BCUT2D eigenvalue weighted by Gasteiger charge is -2.35. The van der Waals surface area contributed by atoms with Crippen molar-refractivity contribution >= 4 is 29.8 Å². The van der Waals surface area contributed by atoms with Crippen molar-refractivity contribution in [2.45, 2.75) is 52.4 Å². The molecule has 1 aliphatic heterocycles. The van der Waals surface area contributed by atoms with Gasteiger partial charge >= 0.3 is 7.04 Å². The normalized spacial score (nSPS) is 16.1. The van der Waals surface area contributed by atoms with Gasteiger partial charge in [-0.3, -0.25) is 4.98 Å². The first-order chi connectivity index (χ1) is 13.9. The van der Waals surface area contributed by atoms with E-state index in [1.165, 1.54) is 6.21 Å². The summed E-state index contributed by atoms with van der Waals surface area (Å²) in [5.41, 5.74) is 3.14. The van der Waals surface area contributed by atoms with E-state index >= 15 is 8.63 Å². The lowest BCUT2D eigenvalue weighted by atomic mass is 9.78. The number of hydrogen-bond acceptors (Lipinski definition) is 2. The second-order valence-electron chi connectivity index (χ2n) is 10.0. The average molecular weight is 408 g/mol. The van der Waals surface area contributed by atoms with Crippen LogP contribution in [0.1, 0.15) is 58.2 Å². The van der Waals surface area contributed by atoms with Crippen LogP contribution >= 0.6 is 0 Å². The van der Waals surface area contributed by atoms with Gasteiger partial charge < -0.3 is 17.8 Å². The van der Waals surface area contributed by atoms with Crippen LogP contribution < -0.4 is 4.65 Å². The topological polar surface area (TPSA) is 25.1 Å². The molecule has 0 aliphatic carbocycles. The largest absolute Gasteiger partial charge is 0.834 e. The minimum atomic E-state index is -4.30. The van der Waals surface area contributed by atoms with Crippen LogP contribution in [0.4, 0.5) is 14.3 Å². The first-order valence-corrected chi connectivity index (χ1v) is 10.2. The summed E-state index contributed by atoms with van der Waals surface area (Å²) in [4.78, 5) is 4.30. The van der Waals surface area contributed by atoms with Crippen LogP contribution in [0.5, 0.6) is 5.75 Å². The molecule has 1 aliphatic rings. The van der Waals surface area contributed by atoms with Gasteiger partial charge in [0.15, 0.2) is 5.69 Å². The van der Waals surface area contributed by atoms with E-state index in [1.807, 2.05) is 39.0 Å². The molecule has 0 bridgehead atoms. The lowest BCUT2D eigenvalue weighted by Crippen LogP contribution is -2.47. The maximum absolute atomic E-state index is 15.4. The molecular formula is C24H27BF2N2O. The molecule has 0 radical (unpaired) electrons. The summed E-state index contributed by atoms with van der Waals surface area (Å²) in [7, 11) is -4.30. The number of halogens is 2. The molecule has 6 heteroatoms. The van der Waals surface area contributed by atoms with Crippen LogP contribution in [0.3, 0.4) is 0 Å². The van der Waals surface area contributed by atoms with Crippen molar-refractivity contribution in [1.29, 1.82) is 0 Å². The molecule has 3 nitrogen and oxygen atoms in total. The highest BCUT2D eigenvalue weighted by Gasteiger charge is 2.51. The third-order valence-electron chi connectivity index (χ3n) is 5.55. The maximum atomic E-state index is 15.4. The zero-order valence-electron chi connectivity index (χ0n) is 18.3. The molecule has 0 amide bonds. The van der Waals surface area contributed by atoms with E-state index < -0.39 is 7.04 Å². The van der Waals surface area contributed by atoms with Crippen molar-refractivity contribution in [3.8, 4) is 5.75 Å². The number of nitrogens with zero attached hydrogens (tertiary/aromatic N) is 2. The molecule has 0 unspecified atom stereocenters. The molecule has 1 aromatic heterocycles. The summed E-state index contributed by atoms with van der Waals surface area (Å²) in [5.74, 6) is 0.273. The van der Waals surface area contributed by atoms with Crippen molar-refractivity contribution in [1.82, 2.24) is 4.98 Å². The average Bonchev–Trinajstić information content (AvgIpc) is 2.64. The fraction of sp³-hybridized carbons (Fsp3) is 0.333. The van der Waals surface area contributed by atoms with Gasteiger partial charge in [0.2, 0.25) is 0 Å². The van der Waals surface area contributed by atoms with E-state index in [0.29, 0.717) is 22.2 Å². The number of fused-ring (bicyclic) bond motifs is 2. The SMILES string of the molecule is CC(C)(C)c1cc2c(c(C(C)(C)C)c1)O[B-](F)(F)[N+](c1cccc3ncccc13)=C2. The van der Waals surface area contributed by atoms with Crippen LogP contribution in [-0.2, 0) is 10.8 Å². The van der Waals surface area contributed by atoms with Crippen LogP contribution in [-0.4, -0.2) is 22.7 Å². The number of benzene rings is 2. The first-order valence-electron chi connectivity index (χ1n) is 10.2. The predicted octanol–water partition coefficient (Wildman–Crippen LogP) is 6.36. The van der Waals surface area contributed by atoms with Crippen LogP contribution in [0.25, 0.3) is 10.9 Å². The number of rotatable bonds is 1. The van der Waals surface area contributed by atoms with Crippen molar-refractivity contribution < 1.29 is 17.8 Å². The quantitative estimate of drug-likeness (QED) is 0.438. The Kier molecular flexibility index (Phi) is 4.53. The van der Waals surface area contributed by atoms with E-state index in [9.17, 15) is 0 Å². The Morgan fingerprint density at radius 3 is 2.33 bits per heavy atom. The van der Waals surface area contributed by atoms with Gasteiger partial charge in [-0.25, -0.2) is 0 Å². The summed E-state index contributed by atoms with van der Waals surface area (Å²) < 4.78 is 37.2.